The second-order valence-electron chi connectivity index (χ2n) is 5.33. The minimum absolute atomic E-state index is 0.0513. The number of imide groups is 1. The first-order valence-corrected chi connectivity index (χ1v) is 7.10. The molecule has 2 fully saturated rings. The number of carbonyl (C=O) groups excluding carboxylic acids is 2. The summed E-state index contributed by atoms with van der Waals surface area (Å²) in [5, 5.41) is 3.22. The average Bonchev–Trinajstić information content (AvgIpc) is 2.66. The summed E-state index contributed by atoms with van der Waals surface area (Å²) in [6, 6.07) is -0.306. The quantitative estimate of drug-likeness (QED) is 0.646. The van der Waals surface area contributed by atoms with Crippen LogP contribution in [0.4, 0.5) is 0 Å². The lowest BCUT2D eigenvalue weighted by Gasteiger charge is -2.32. The van der Waals surface area contributed by atoms with Crippen LogP contribution in [-0.4, -0.2) is 85.4 Å². The summed E-state index contributed by atoms with van der Waals surface area (Å²) in [4.78, 5) is 29.5. The van der Waals surface area contributed by atoms with Crippen molar-refractivity contribution in [3.8, 4) is 0 Å². The van der Waals surface area contributed by atoms with Gasteiger partial charge in [0.2, 0.25) is 11.8 Å². The molecule has 0 radical (unpaired) electrons. The number of carbonyl (C=O) groups is 2. The summed E-state index contributed by atoms with van der Waals surface area (Å²) >= 11 is 0. The molecule has 1 N–H and O–H groups in total. The van der Waals surface area contributed by atoms with Crippen LogP contribution in [0.3, 0.4) is 0 Å². The topological polar surface area (TPSA) is 55.9 Å². The highest BCUT2D eigenvalue weighted by molar-refractivity contribution is 6.05. The second kappa shape index (κ2) is 6.45. The van der Waals surface area contributed by atoms with Gasteiger partial charge in [-0.25, -0.2) is 0 Å². The van der Waals surface area contributed by atoms with Gasteiger partial charge in [-0.15, -0.1) is 0 Å². The zero-order valence-corrected chi connectivity index (χ0v) is 11.9. The molecule has 0 bridgehead atoms. The minimum atomic E-state index is -0.306. The fourth-order valence-corrected chi connectivity index (χ4v) is 2.64. The zero-order valence-electron chi connectivity index (χ0n) is 11.9. The SMILES string of the molecule is CCN1C(=O)CC(NCCN2CCN(C)CC2)C1=O. The van der Waals surface area contributed by atoms with Crippen molar-refractivity contribution in [2.24, 2.45) is 0 Å². The van der Waals surface area contributed by atoms with E-state index in [1.54, 1.807) is 0 Å². The Kier molecular flexibility index (Phi) is 4.90. The molecule has 2 heterocycles. The van der Waals surface area contributed by atoms with Gasteiger partial charge >= 0.3 is 0 Å². The van der Waals surface area contributed by atoms with Crippen molar-refractivity contribution in [1.82, 2.24) is 20.0 Å². The predicted molar refractivity (Wildman–Crippen MR) is 72.7 cm³/mol. The Hall–Kier alpha value is -0.980. The molecule has 2 amide bonds. The number of piperazine rings is 1. The lowest BCUT2D eigenvalue weighted by Crippen LogP contribution is -2.48. The van der Waals surface area contributed by atoms with Crippen molar-refractivity contribution in [2.75, 3.05) is 52.9 Å². The van der Waals surface area contributed by atoms with Gasteiger partial charge in [-0.3, -0.25) is 19.4 Å². The Bertz CT molecular complexity index is 340. The third-order valence-corrected chi connectivity index (χ3v) is 3.97. The summed E-state index contributed by atoms with van der Waals surface area (Å²) in [5.74, 6) is -0.115. The van der Waals surface area contributed by atoms with Gasteiger partial charge in [0.1, 0.15) is 0 Å². The van der Waals surface area contributed by atoms with E-state index in [0.717, 1.165) is 39.3 Å². The summed E-state index contributed by atoms with van der Waals surface area (Å²) in [5.41, 5.74) is 0. The lowest BCUT2D eigenvalue weighted by atomic mass is 10.2. The molecule has 0 aromatic heterocycles. The Morgan fingerprint density at radius 1 is 1.21 bits per heavy atom. The largest absolute Gasteiger partial charge is 0.304 e. The first kappa shape index (κ1) is 14.4. The highest BCUT2D eigenvalue weighted by atomic mass is 16.2. The molecule has 2 aliphatic rings. The smallest absolute Gasteiger partial charge is 0.246 e. The molecule has 2 aliphatic heterocycles. The zero-order chi connectivity index (χ0) is 13.8. The number of amides is 2. The van der Waals surface area contributed by atoms with E-state index in [2.05, 4.69) is 22.2 Å². The van der Waals surface area contributed by atoms with Crippen LogP contribution in [0.2, 0.25) is 0 Å². The molecule has 6 nitrogen and oxygen atoms in total. The fourth-order valence-electron chi connectivity index (χ4n) is 2.64. The van der Waals surface area contributed by atoms with Crippen LogP contribution >= 0.6 is 0 Å². The highest BCUT2D eigenvalue weighted by Gasteiger charge is 2.36. The van der Waals surface area contributed by atoms with Gasteiger partial charge in [-0.1, -0.05) is 0 Å². The van der Waals surface area contributed by atoms with Gasteiger partial charge in [0.15, 0.2) is 0 Å². The van der Waals surface area contributed by atoms with Crippen molar-refractivity contribution < 1.29 is 9.59 Å². The van der Waals surface area contributed by atoms with Crippen LogP contribution in [0.5, 0.6) is 0 Å². The first-order valence-electron chi connectivity index (χ1n) is 7.10. The third kappa shape index (κ3) is 3.52. The molecule has 1 atom stereocenters. The van der Waals surface area contributed by atoms with Crippen LogP contribution in [0.25, 0.3) is 0 Å². The number of nitrogens with zero attached hydrogens (tertiary/aromatic N) is 3. The second-order valence-corrected chi connectivity index (χ2v) is 5.33. The Morgan fingerprint density at radius 3 is 2.47 bits per heavy atom. The Labute approximate surface area is 114 Å². The van der Waals surface area contributed by atoms with E-state index >= 15 is 0 Å². The van der Waals surface area contributed by atoms with Crippen molar-refractivity contribution in [3.63, 3.8) is 0 Å². The van der Waals surface area contributed by atoms with E-state index < -0.39 is 0 Å². The van der Waals surface area contributed by atoms with Crippen LogP contribution in [-0.2, 0) is 9.59 Å². The molecule has 2 rings (SSSR count). The molecule has 0 aromatic carbocycles. The normalized spacial score (nSPS) is 26.4. The predicted octanol–water partition coefficient (Wildman–Crippen LogP) is -1.03. The maximum absolute atomic E-state index is 11.9. The number of likely N-dealkylation sites (N-methyl/N-ethyl adjacent to an activating group) is 2. The molecule has 0 saturated carbocycles. The van der Waals surface area contributed by atoms with Crippen LogP contribution in [0.15, 0.2) is 0 Å². The molecule has 6 heteroatoms. The standard InChI is InChI=1S/C13H24N4O2/c1-3-17-12(18)10-11(13(17)19)14-4-5-16-8-6-15(2)7-9-16/h11,14H,3-10H2,1-2H3. The molecular formula is C13H24N4O2. The van der Waals surface area contributed by atoms with Crippen LogP contribution < -0.4 is 5.32 Å². The van der Waals surface area contributed by atoms with Gasteiger partial charge < -0.3 is 10.2 Å². The lowest BCUT2D eigenvalue weighted by molar-refractivity contribution is -0.138. The summed E-state index contributed by atoms with van der Waals surface area (Å²) in [6.07, 6.45) is 0.315. The minimum Gasteiger partial charge on any atom is -0.304 e. The molecule has 0 spiro atoms. The first-order chi connectivity index (χ1) is 9.11. The summed E-state index contributed by atoms with van der Waals surface area (Å²) in [6.45, 7) is 8.39. The average molecular weight is 268 g/mol. The van der Waals surface area contributed by atoms with Crippen molar-refractivity contribution >= 4 is 11.8 Å². The van der Waals surface area contributed by atoms with Gasteiger partial charge in [0, 0.05) is 45.8 Å². The molecular weight excluding hydrogens is 244 g/mol. The Morgan fingerprint density at radius 2 is 1.89 bits per heavy atom. The monoisotopic (exact) mass is 268 g/mol. The summed E-state index contributed by atoms with van der Waals surface area (Å²) < 4.78 is 0. The van der Waals surface area contributed by atoms with E-state index in [0.29, 0.717) is 13.0 Å². The van der Waals surface area contributed by atoms with Gasteiger partial charge in [0.05, 0.1) is 12.5 Å². The number of hydrogen-bond donors (Lipinski definition) is 1. The molecule has 0 aromatic rings. The van der Waals surface area contributed by atoms with Gasteiger partial charge in [0.25, 0.3) is 0 Å². The van der Waals surface area contributed by atoms with E-state index in [-0.39, 0.29) is 17.9 Å². The van der Waals surface area contributed by atoms with Gasteiger partial charge in [-0.2, -0.15) is 0 Å². The number of nitrogens with one attached hydrogen (secondary N) is 1. The summed E-state index contributed by atoms with van der Waals surface area (Å²) in [7, 11) is 2.14. The maximum Gasteiger partial charge on any atom is 0.246 e. The number of hydrogen-bond acceptors (Lipinski definition) is 5. The van der Waals surface area contributed by atoms with Crippen molar-refractivity contribution in [1.29, 1.82) is 0 Å². The maximum atomic E-state index is 11.9. The van der Waals surface area contributed by atoms with E-state index in [1.165, 1.54) is 4.90 Å². The molecule has 108 valence electrons. The molecule has 1 unspecified atom stereocenters. The van der Waals surface area contributed by atoms with E-state index in [1.807, 2.05) is 6.92 Å². The molecule has 19 heavy (non-hydrogen) atoms. The molecule has 0 aliphatic carbocycles. The highest BCUT2D eigenvalue weighted by Crippen LogP contribution is 2.12. The Balaban J connectivity index is 1.69. The van der Waals surface area contributed by atoms with Crippen molar-refractivity contribution in [3.05, 3.63) is 0 Å². The third-order valence-electron chi connectivity index (χ3n) is 3.97. The molecule has 2 saturated heterocycles. The van der Waals surface area contributed by atoms with Crippen LogP contribution in [0.1, 0.15) is 13.3 Å². The van der Waals surface area contributed by atoms with Crippen LogP contribution in [0, 0.1) is 0 Å². The van der Waals surface area contributed by atoms with E-state index in [9.17, 15) is 9.59 Å². The number of rotatable bonds is 5. The van der Waals surface area contributed by atoms with Crippen molar-refractivity contribution in [2.45, 2.75) is 19.4 Å². The van der Waals surface area contributed by atoms with E-state index in [4.69, 9.17) is 0 Å². The number of likely N-dealkylation sites (tertiary alicyclic amines) is 1. The fraction of sp³-hybridized carbons (Fsp3) is 0.846. The van der Waals surface area contributed by atoms with Gasteiger partial charge in [-0.05, 0) is 14.0 Å².